The van der Waals surface area contributed by atoms with Gasteiger partial charge in [0.25, 0.3) is 0 Å². The van der Waals surface area contributed by atoms with Crippen LogP contribution in [-0.4, -0.2) is 17.4 Å². The maximum atomic E-state index is 11.8. The van der Waals surface area contributed by atoms with E-state index in [4.69, 9.17) is 0 Å². The molecule has 2 rings (SSSR count). The van der Waals surface area contributed by atoms with E-state index < -0.39 is 0 Å². The van der Waals surface area contributed by atoms with Gasteiger partial charge in [0.15, 0.2) is 0 Å². The molecule has 1 aromatic heterocycles. The molecule has 1 fully saturated rings. The maximum absolute atomic E-state index is 11.8. The van der Waals surface area contributed by atoms with Crippen molar-refractivity contribution in [3.63, 3.8) is 0 Å². The Morgan fingerprint density at radius 1 is 1.27 bits per heavy atom. The second kappa shape index (κ2) is 9.98. The number of amides is 1. The van der Waals surface area contributed by atoms with Gasteiger partial charge in [-0.15, -0.1) is 11.3 Å². The number of rotatable bonds is 9. The zero-order valence-electron chi connectivity index (χ0n) is 13.9. The molecule has 1 N–H and O–H groups in total. The zero-order valence-corrected chi connectivity index (χ0v) is 14.7. The van der Waals surface area contributed by atoms with Crippen LogP contribution in [0.4, 0.5) is 0 Å². The van der Waals surface area contributed by atoms with E-state index in [0.717, 1.165) is 43.8 Å². The normalized spacial score (nSPS) is 15.9. The Labute approximate surface area is 138 Å². The first-order valence-electron chi connectivity index (χ1n) is 8.92. The van der Waals surface area contributed by atoms with E-state index in [1.807, 2.05) is 6.92 Å². The molecule has 1 saturated carbocycles. The lowest BCUT2D eigenvalue weighted by Gasteiger charge is -2.21. The van der Waals surface area contributed by atoms with Crippen molar-refractivity contribution in [1.82, 2.24) is 10.3 Å². The van der Waals surface area contributed by atoms with Crippen molar-refractivity contribution >= 4 is 17.2 Å². The minimum Gasteiger partial charge on any atom is -0.356 e. The molecule has 4 heteroatoms. The van der Waals surface area contributed by atoms with Crippen LogP contribution < -0.4 is 5.32 Å². The zero-order chi connectivity index (χ0) is 15.6. The van der Waals surface area contributed by atoms with Crippen LogP contribution in [0.2, 0.25) is 0 Å². The third-order valence-electron chi connectivity index (χ3n) is 4.55. The molecular weight excluding hydrogens is 292 g/mol. The van der Waals surface area contributed by atoms with E-state index in [1.54, 1.807) is 11.3 Å². The number of nitrogens with zero attached hydrogens (tertiary/aromatic N) is 1. The number of hydrogen-bond donors (Lipinski definition) is 1. The summed E-state index contributed by atoms with van der Waals surface area (Å²) in [5.74, 6) is 1.13. The second-order valence-electron chi connectivity index (χ2n) is 6.59. The standard InChI is InChI=1S/C18H30N2OS/c1-15-14-22-18(20-15)12-5-6-13-19-17(21)11-7-10-16-8-3-2-4-9-16/h14,16H,2-13H2,1H3,(H,19,21). The fraction of sp³-hybridized carbons (Fsp3) is 0.778. The molecule has 0 atom stereocenters. The lowest BCUT2D eigenvalue weighted by Crippen LogP contribution is -2.24. The van der Waals surface area contributed by atoms with E-state index in [9.17, 15) is 4.79 Å². The minimum atomic E-state index is 0.237. The van der Waals surface area contributed by atoms with Gasteiger partial charge < -0.3 is 5.32 Å². The van der Waals surface area contributed by atoms with E-state index in [0.29, 0.717) is 6.42 Å². The van der Waals surface area contributed by atoms with Crippen molar-refractivity contribution in [3.05, 3.63) is 16.1 Å². The molecule has 3 nitrogen and oxygen atoms in total. The molecule has 0 aliphatic heterocycles. The third kappa shape index (κ3) is 6.91. The van der Waals surface area contributed by atoms with Gasteiger partial charge in [-0.3, -0.25) is 4.79 Å². The van der Waals surface area contributed by atoms with Gasteiger partial charge in [-0.05, 0) is 44.9 Å². The van der Waals surface area contributed by atoms with E-state index in [-0.39, 0.29) is 5.91 Å². The maximum Gasteiger partial charge on any atom is 0.219 e. The molecule has 1 amide bonds. The molecule has 0 radical (unpaired) electrons. The van der Waals surface area contributed by atoms with Crippen molar-refractivity contribution in [2.24, 2.45) is 5.92 Å². The van der Waals surface area contributed by atoms with Gasteiger partial charge in [-0.25, -0.2) is 4.98 Å². The van der Waals surface area contributed by atoms with Gasteiger partial charge in [-0.1, -0.05) is 32.1 Å². The number of carbonyl (C=O) groups is 1. The van der Waals surface area contributed by atoms with Crippen LogP contribution in [0, 0.1) is 12.8 Å². The Kier molecular flexibility index (Phi) is 7.92. The summed E-state index contributed by atoms with van der Waals surface area (Å²) >= 11 is 1.74. The topological polar surface area (TPSA) is 42.0 Å². The second-order valence-corrected chi connectivity index (χ2v) is 7.53. The molecule has 0 spiro atoms. The average Bonchev–Trinajstić information content (AvgIpc) is 2.93. The summed E-state index contributed by atoms with van der Waals surface area (Å²) in [5.41, 5.74) is 1.12. The first-order chi connectivity index (χ1) is 10.7. The first-order valence-corrected chi connectivity index (χ1v) is 9.79. The van der Waals surface area contributed by atoms with Gasteiger partial charge in [0.05, 0.1) is 5.01 Å². The summed E-state index contributed by atoms with van der Waals surface area (Å²) < 4.78 is 0. The van der Waals surface area contributed by atoms with Crippen LogP contribution in [0.15, 0.2) is 5.38 Å². The lowest BCUT2D eigenvalue weighted by molar-refractivity contribution is -0.121. The molecule has 0 saturated heterocycles. The highest BCUT2D eigenvalue weighted by Gasteiger charge is 2.13. The third-order valence-corrected chi connectivity index (χ3v) is 5.57. The summed E-state index contributed by atoms with van der Waals surface area (Å²) in [5, 5.41) is 6.38. The molecule has 1 aliphatic rings. The Bertz CT molecular complexity index is 438. The van der Waals surface area contributed by atoms with Gasteiger partial charge >= 0.3 is 0 Å². The fourth-order valence-electron chi connectivity index (χ4n) is 3.26. The van der Waals surface area contributed by atoms with Gasteiger partial charge in [0, 0.05) is 24.0 Å². The predicted octanol–water partition coefficient (Wildman–Crippen LogP) is 4.64. The van der Waals surface area contributed by atoms with Crippen LogP contribution in [-0.2, 0) is 11.2 Å². The van der Waals surface area contributed by atoms with Crippen LogP contribution in [0.3, 0.4) is 0 Å². The minimum absolute atomic E-state index is 0.237. The van der Waals surface area contributed by atoms with Crippen LogP contribution >= 0.6 is 11.3 Å². The van der Waals surface area contributed by atoms with Crippen LogP contribution in [0.1, 0.15) is 74.9 Å². The summed E-state index contributed by atoms with van der Waals surface area (Å²) in [6.07, 6.45) is 13.2. The molecule has 0 aromatic carbocycles. The molecular formula is C18H30N2OS. The number of aromatic nitrogens is 1. The number of carbonyl (C=O) groups excluding carboxylic acids is 1. The smallest absolute Gasteiger partial charge is 0.219 e. The summed E-state index contributed by atoms with van der Waals surface area (Å²) in [7, 11) is 0. The van der Waals surface area contributed by atoms with Gasteiger partial charge in [-0.2, -0.15) is 0 Å². The van der Waals surface area contributed by atoms with Crippen molar-refractivity contribution < 1.29 is 4.79 Å². The number of nitrogens with one attached hydrogen (secondary N) is 1. The highest BCUT2D eigenvalue weighted by molar-refractivity contribution is 7.09. The first kappa shape index (κ1) is 17.5. The molecule has 1 aliphatic carbocycles. The monoisotopic (exact) mass is 322 g/mol. The van der Waals surface area contributed by atoms with Crippen molar-refractivity contribution in [1.29, 1.82) is 0 Å². The molecule has 1 aromatic rings. The number of unbranched alkanes of at least 4 members (excludes halogenated alkanes) is 1. The lowest BCUT2D eigenvalue weighted by atomic mass is 9.86. The highest BCUT2D eigenvalue weighted by atomic mass is 32.1. The number of aryl methyl sites for hydroxylation is 2. The van der Waals surface area contributed by atoms with Gasteiger partial charge in [0.1, 0.15) is 0 Å². The summed E-state index contributed by atoms with van der Waals surface area (Å²) in [4.78, 5) is 16.3. The Hall–Kier alpha value is -0.900. The van der Waals surface area contributed by atoms with Crippen molar-refractivity contribution in [3.8, 4) is 0 Å². The predicted molar refractivity (Wildman–Crippen MR) is 93.2 cm³/mol. The van der Waals surface area contributed by atoms with E-state index in [2.05, 4.69) is 15.7 Å². The fourth-order valence-corrected chi connectivity index (χ4v) is 4.08. The van der Waals surface area contributed by atoms with Crippen LogP contribution in [0.25, 0.3) is 0 Å². The van der Waals surface area contributed by atoms with Crippen molar-refractivity contribution in [2.75, 3.05) is 6.54 Å². The van der Waals surface area contributed by atoms with Gasteiger partial charge in [0.2, 0.25) is 5.91 Å². The SMILES string of the molecule is Cc1csc(CCCCNC(=O)CCCC2CCCCC2)n1. The number of hydrogen-bond acceptors (Lipinski definition) is 3. The molecule has 0 unspecified atom stereocenters. The quantitative estimate of drug-likeness (QED) is 0.673. The summed E-state index contributed by atoms with van der Waals surface area (Å²) in [6, 6.07) is 0. The number of thiazole rings is 1. The average molecular weight is 323 g/mol. The largest absolute Gasteiger partial charge is 0.356 e. The molecule has 124 valence electrons. The Balaban J connectivity index is 1.43. The molecule has 1 heterocycles. The van der Waals surface area contributed by atoms with E-state index >= 15 is 0 Å². The van der Waals surface area contributed by atoms with Crippen molar-refractivity contribution in [2.45, 2.75) is 77.6 Å². The molecule has 0 bridgehead atoms. The Morgan fingerprint density at radius 2 is 2.09 bits per heavy atom. The summed E-state index contributed by atoms with van der Waals surface area (Å²) in [6.45, 7) is 2.85. The molecule has 22 heavy (non-hydrogen) atoms. The van der Waals surface area contributed by atoms with E-state index in [1.165, 1.54) is 43.5 Å². The van der Waals surface area contributed by atoms with Crippen LogP contribution in [0.5, 0.6) is 0 Å². The highest BCUT2D eigenvalue weighted by Crippen LogP contribution is 2.27. The Morgan fingerprint density at radius 3 is 2.82 bits per heavy atom.